The van der Waals surface area contributed by atoms with Crippen LogP contribution in [-0.2, 0) is 0 Å². The summed E-state index contributed by atoms with van der Waals surface area (Å²) in [5.74, 6) is -0.382. The summed E-state index contributed by atoms with van der Waals surface area (Å²) in [5, 5.41) is 6.60. The Kier molecular flexibility index (Phi) is 6.95. The number of carbonyl (C=O) groups is 2. The van der Waals surface area contributed by atoms with Gasteiger partial charge >= 0.3 is 0 Å². The highest BCUT2D eigenvalue weighted by Crippen LogP contribution is 2.28. The van der Waals surface area contributed by atoms with Crippen LogP contribution >= 0.6 is 0 Å². The third-order valence-electron chi connectivity index (χ3n) is 4.32. The number of ether oxygens (including phenoxy) is 2. The summed E-state index contributed by atoms with van der Waals surface area (Å²) in [7, 11) is 2.98. The van der Waals surface area contributed by atoms with Crippen molar-refractivity contribution in [3.8, 4) is 11.5 Å². The van der Waals surface area contributed by atoms with Crippen molar-refractivity contribution >= 4 is 23.7 Å². The molecule has 0 radical (unpaired) electrons. The predicted molar refractivity (Wildman–Crippen MR) is 115 cm³/mol. The quantitative estimate of drug-likeness (QED) is 0.448. The monoisotopic (exact) mass is 421 g/mol. The fourth-order valence-corrected chi connectivity index (χ4v) is 2.74. The third-order valence-corrected chi connectivity index (χ3v) is 4.32. The van der Waals surface area contributed by atoms with Gasteiger partial charge in [0.1, 0.15) is 5.82 Å². The fraction of sp³-hybridized carbons (Fsp3) is 0.0870. The van der Waals surface area contributed by atoms with Crippen molar-refractivity contribution in [3.05, 3.63) is 89.2 Å². The van der Waals surface area contributed by atoms with Crippen LogP contribution in [0.1, 0.15) is 26.3 Å². The second-order valence-electron chi connectivity index (χ2n) is 6.32. The lowest BCUT2D eigenvalue weighted by molar-refractivity contribution is 0.0956. The van der Waals surface area contributed by atoms with E-state index in [0.29, 0.717) is 28.3 Å². The van der Waals surface area contributed by atoms with Gasteiger partial charge in [-0.25, -0.2) is 9.82 Å². The summed E-state index contributed by atoms with van der Waals surface area (Å²) in [4.78, 5) is 25.2. The van der Waals surface area contributed by atoms with Crippen molar-refractivity contribution in [3.63, 3.8) is 0 Å². The van der Waals surface area contributed by atoms with Gasteiger partial charge in [0.2, 0.25) is 0 Å². The number of nitrogens with one attached hydrogen (secondary N) is 2. The van der Waals surface area contributed by atoms with Crippen LogP contribution in [0.25, 0.3) is 0 Å². The number of rotatable bonds is 7. The van der Waals surface area contributed by atoms with Crippen LogP contribution in [0, 0.1) is 5.82 Å². The Morgan fingerprint density at radius 3 is 2.32 bits per heavy atom. The standard InChI is InChI=1S/C23H20FN3O4/c1-30-20-12-9-16(13-21(20)31-2)22(28)26-19-6-4-3-5-18(19)23(29)27-25-14-15-7-10-17(24)11-8-15/h3-14H,1-2H3,(H,26,28)(H,27,29). The van der Waals surface area contributed by atoms with Gasteiger partial charge in [0.25, 0.3) is 11.8 Å². The molecule has 158 valence electrons. The average molecular weight is 421 g/mol. The molecule has 0 atom stereocenters. The van der Waals surface area contributed by atoms with Crippen molar-refractivity contribution in [1.29, 1.82) is 0 Å². The highest BCUT2D eigenvalue weighted by Gasteiger charge is 2.15. The number of amides is 2. The van der Waals surface area contributed by atoms with E-state index in [1.165, 1.54) is 44.7 Å². The van der Waals surface area contributed by atoms with E-state index in [4.69, 9.17) is 9.47 Å². The van der Waals surface area contributed by atoms with Crippen LogP contribution < -0.4 is 20.2 Å². The van der Waals surface area contributed by atoms with Gasteiger partial charge in [0.05, 0.1) is 31.7 Å². The number of hydrogen-bond donors (Lipinski definition) is 2. The first kappa shape index (κ1) is 21.5. The van der Waals surface area contributed by atoms with Crippen molar-refractivity contribution in [2.75, 3.05) is 19.5 Å². The van der Waals surface area contributed by atoms with E-state index in [0.717, 1.165) is 0 Å². The number of halogens is 1. The molecule has 8 heteroatoms. The van der Waals surface area contributed by atoms with Gasteiger partial charge in [-0.05, 0) is 48.0 Å². The Balaban J connectivity index is 1.73. The molecule has 0 saturated heterocycles. The van der Waals surface area contributed by atoms with Crippen LogP contribution in [0.15, 0.2) is 71.8 Å². The van der Waals surface area contributed by atoms with Crippen molar-refractivity contribution in [1.82, 2.24) is 5.43 Å². The molecule has 3 aromatic rings. The maximum atomic E-state index is 12.9. The topological polar surface area (TPSA) is 89.0 Å². The molecule has 2 amide bonds. The molecule has 0 aliphatic rings. The molecule has 7 nitrogen and oxygen atoms in total. The van der Waals surface area contributed by atoms with Gasteiger partial charge in [-0.3, -0.25) is 9.59 Å². The first-order valence-corrected chi connectivity index (χ1v) is 9.23. The molecule has 0 fully saturated rings. The molecule has 0 aromatic heterocycles. The summed E-state index contributed by atoms with van der Waals surface area (Å²) < 4.78 is 23.3. The van der Waals surface area contributed by atoms with Crippen LogP contribution in [0.2, 0.25) is 0 Å². The zero-order chi connectivity index (χ0) is 22.2. The Hall–Kier alpha value is -4.20. The van der Waals surface area contributed by atoms with Crippen molar-refractivity contribution in [2.45, 2.75) is 0 Å². The van der Waals surface area contributed by atoms with Crippen LogP contribution in [0.4, 0.5) is 10.1 Å². The number of anilines is 1. The third kappa shape index (κ3) is 5.45. The Labute approximate surface area is 178 Å². The van der Waals surface area contributed by atoms with Crippen LogP contribution in [0.5, 0.6) is 11.5 Å². The number of para-hydroxylation sites is 1. The number of methoxy groups -OCH3 is 2. The summed E-state index contributed by atoms with van der Waals surface area (Å²) in [6.07, 6.45) is 1.39. The maximum absolute atomic E-state index is 12.9. The van der Waals surface area contributed by atoms with Crippen LogP contribution in [-0.4, -0.2) is 32.2 Å². The second-order valence-corrected chi connectivity index (χ2v) is 6.32. The predicted octanol–water partition coefficient (Wildman–Crippen LogP) is 3.86. The molecule has 0 aliphatic carbocycles. The van der Waals surface area contributed by atoms with Crippen molar-refractivity contribution < 1.29 is 23.5 Å². The fourth-order valence-electron chi connectivity index (χ4n) is 2.74. The van der Waals surface area contributed by atoms with Gasteiger partial charge < -0.3 is 14.8 Å². The zero-order valence-electron chi connectivity index (χ0n) is 16.9. The maximum Gasteiger partial charge on any atom is 0.273 e. The highest BCUT2D eigenvalue weighted by atomic mass is 19.1. The summed E-state index contributed by atoms with van der Waals surface area (Å²) >= 11 is 0. The average Bonchev–Trinajstić information content (AvgIpc) is 2.80. The first-order valence-electron chi connectivity index (χ1n) is 9.23. The minimum atomic E-state index is -0.512. The minimum Gasteiger partial charge on any atom is -0.493 e. The molecular weight excluding hydrogens is 401 g/mol. The largest absolute Gasteiger partial charge is 0.493 e. The molecule has 0 saturated carbocycles. The van der Waals surface area contributed by atoms with E-state index in [1.807, 2.05) is 0 Å². The number of hydrazone groups is 1. The molecule has 2 N–H and O–H groups in total. The van der Waals surface area contributed by atoms with Gasteiger partial charge in [-0.2, -0.15) is 5.10 Å². The van der Waals surface area contributed by atoms with Gasteiger partial charge in [-0.15, -0.1) is 0 Å². The molecule has 0 heterocycles. The van der Waals surface area contributed by atoms with E-state index < -0.39 is 11.8 Å². The number of hydrogen-bond acceptors (Lipinski definition) is 5. The Bertz CT molecular complexity index is 1110. The van der Waals surface area contributed by atoms with Gasteiger partial charge in [-0.1, -0.05) is 24.3 Å². The first-order chi connectivity index (χ1) is 15.0. The molecule has 3 rings (SSSR count). The normalized spacial score (nSPS) is 10.5. The van der Waals surface area contributed by atoms with Crippen LogP contribution in [0.3, 0.4) is 0 Å². The van der Waals surface area contributed by atoms with E-state index in [9.17, 15) is 14.0 Å². The van der Waals surface area contributed by atoms with Gasteiger partial charge in [0.15, 0.2) is 11.5 Å². The van der Waals surface area contributed by atoms with E-state index >= 15 is 0 Å². The zero-order valence-corrected chi connectivity index (χ0v) is 16.9. The van der Waals surface area contributed by atoms with E-state index in [1.54, 1.807) is 42.5 Å². The number of carbonyl (C=O) groups excluding carboxylic acids is 2. The second kappa shape index (κ2) is 10.0. The SMILES string of the molecule is COc1ccc(C(=O)Nc2ccccc2C(=O)NN=Cc2ccc(F)cc2)cc1OC. The Morgan fingerprint density at radius 2 is 1.61 bits per heavy atom. The van der Waals surface area contributed by atoms with Gasteiger partial charge in [0, 0.05) is 5.56 Å². The lowest BCUT2D eigenvalue weighted by Gasteiger charge is -2.12. The summed E-state index contributed by atoms with van der Waals surface area (Å²) in [6, 6.07) is 16.9. The molecule has 3 aromatic carbocycles. The molecule has 31 heavy (non-hydrogen) atoms. The smallest absolute Gasteiger partial charge is 0.273 e. The summed E-state index contributed by atoms with van der Waals surface area (Å²) in [6.45, 7) is 0. The minimum absolute atomic E-state index is 0.229. The van der Waals surface area contributed by atoms with E-state index in [2.05, 4.69) is 15.8 Å². The molecule has 0 bridgehead atoms. The highest BCUT2D eigenvalue weighted by molar-refractivity contribution is 6.09. The molecule has 0 spiro atoms. The lowest BCUT2D eigenvalue weighted by atomic mass is 10.1. The molecular formula is C23H20FN3O4. The molecule has 0 unspecified atom stereocenters. The number of nitrogens with zero attached hydrogens (tertiary/aromatic N) is 1. The lowest BCUT2D eigenvalue weighted by Crippen LogP contribution is -2.21. The Morgan fingerprint density at radius 1 is 0.903 bits per heavy atom. The number of benzene rings is 3. The summed E-state index contributed by atoms with van der Waals surface area (Å²) in [5.41, 5.74) is 3.90. The van der Waals surface area contributed by atoms with E-state index in [-0.39, 0.29) is 11.4 Å². The van der Waals surface area contributed by atoms with Crippen molar-refractivity contribution in [2.24, 2.45) is 5.10 Å². The molecule has 0 aliphatic heterocycles.